The van der Waals surface area contributed by atoms with Gasteiger partial charge in [0.2, 0.25) is 5.75 Å². The van der Waals surface area contributed by atoms with E-state index < -0.39 is 0 Å². The quantitative estimate of drug-likeness (QED) is 0.699. The number of ether oxygens (including phenoxy) is 1. The van der Waals surface area contributed by atoms with Crippen molar-refractivity contribution < 1.29 is 4.74 Å². The number of nitrogens with two attached hydrogens (primary N) is 1. The summed E-state index contributed by atoms with van der Waals surface area (Å²) in [6.45, 7) is 0.535. The lowest BCUT2D eigenvalue weighted by molar-refractivity contribution is 0.408. The van der Waals surface area contributed by atoms with E-state index in [1.807, 2.05) is 24.3 Å². The molecule has 0 saturated carbocycles. The van der Waals surface area contributed by atoms with Crippen molar-refractivity contribution in [1.82, 2.24) is 9.97 Å². The number of H-pyrrole nitrogens is 1. The van der Waals surface area contributed by atoms with Gasteiger partial charge in [0.1, 0.15) is 0 Å². The zero-order chi connectivity index (χ0) is 13.0. The van der Waals surface area contributed by atoms with E-state index in [0.29, 0.717) is 18.1 Å². The average molecular weight is 246 g/mol. The van der Waals surface area contributed by atoms with Crippen molar-refractivity contribution in [2.75, 3.05) is 18.2 Å². The summed E-state index contributed by atoms with van der Waals surface area (Å²) in [4.78, 5) is 17.9. The summed E-state index contributed by atoms with van der Waals surface area (Å²) in [5, 5.41) is 3.04. The molecule has 1 aromatic carbocycles. The number of aromatic amines is 1. The molecule has 94 valence electrons. The van der Waals surface area contributed by atoms with Gasteiger partial charge in [-0.3, -0.25) is 4.79 Å². The fraction of sp³-hybridized carbons (Fsp3) is 0.167. The molecule has 1 aromatic heterocycles. The lowest BCUT2D eigenvalue weighted by Gasteiger charge is -2.08. The SMILES string of the molecule is COc1c(NCc2ccc(N)cc2)nc[nH]c1=O. The molecule has 0 radical (unpaired) electrons. The Bertz CT molecular complexity index is 577. The fourth-order valence-electron chi connectivity index (χ4n) is 1.52. The van der Waals surface area contributed by atoms with Crippen molar-refractivity contribution in [2.24, 2.45) is 0 Å². The van der Waals surface area contributed by atoms with Gasteiger partial charge in [-0.25, -0.2) is 4.98 Å². The lowest BCUT2D eigenvalue weighted by atomic mass is 10.2. The van der Waals surface area contributed by atoms with Gasteiger partial charge in [-0.15, -0.1) is 0 Å². The highest BCUT2D eigenvalue weighted by molar-refractivity contribution is 5.48. The molecule has 0 bridgehead atoms. The molecular formula is C12H14N4O2. The number of nitrogen functional groups attached to an aromatic ring is 1. The van der Waals surface area contributed by atoms with Crippen LogP contribution in [-0.4, -0.2) is 17.1 Å². The highest BCUT2D eigenvalue weighted by Gasteiger charge is 2.07. The number of rotatable bonds is 4. The molecule has 6 nitrogen and oxygen atoms in total. The maximum atomic E-state index is 11.4. The van der Waals surface area contributed by atoms with Gasteiger partial charge in [0, 0.05) is 12.2 Å². The Morgan fingerprint density at radius 1 is 1.39 bits per heavy atom. The summed E-state index contributed by atoms with van der Waals surface area (Å²) in [5.74, 6) is 0.589. The molecule has 2 aromatic rings. The van der Waals surface area contributed by atoms with Crippen molar-refractivity contribution in [3.63, 3.8) is 0 Å². The minimum Gasteiger partial charge on any atom is -0.489 e. The second kappa shape index (κ2) is 5.22. The van der Waals surface area contributed by atoms with Crippen molar-refractivity contribution in [3.8, 4) is 5.75 Å². The summed E-state index contributed by atoms with van der Waals surface area (Å²) in [6, 6.07) is 7.45. The van der Waals surface area contributed by atoms with Crippen molar-refractivity contribution in [2.45, 2.75) is 6.54 Å². The molecule has 2 rings (SSSR count). The Balaban J connectivity index is 2.13. The molecule has 18 heavy (non-hydrogen) atoms. The maximum absolute atomic E-state index is 11.4. The molecule has 0 unspecified atom stereocenters. The Hall–Kier alpha value is -2.50. The van der Waals surface area contributed by atoms with E-state index in [2.05, 4.69) is 15.3 Å². The Kier molecular flexibility index (Phi) is 3.47. The third-order valence-electron chi connectivity index (χ3n) is 2.45. The highest BCUT2D eigenvalue weighted by atomic mass is 16.5. The number of nitrogens with one attached hydrogen (secondary N) is 2. The van der Waals surface area contributed by atoms with Crippen LogP contribution in [0.25, 0.3) is 0 Å². The van der Waals surface area contributed by atoms with Crippen LogP contribution in [0, 0.1) is 0 Å². The van der Waals surface area contributed by atoms with E-state index in [9.17, 15) is 4.79 Å². The van der Waals surface area contributed by atoms with Crippen molar-refractivity contribution >= 4 is 11.5 Å². The smallest absolute Gasteiger partial charge is 0.295 e. The molecule has 0 fully saturated rings. The summed E-state index contributed by atoms with van der Waals surface area (Å²) in [7, 11) is 1.43. The van der Waals surface area contributed by atoms with Gasteiger partial charge in [0.05, 0.1) is 13.4 Å². The molecule has 0 aliphatic heterocycles. The first kappa shape index (κ1) is 12.0. The van der Waals surface area contributed by atoms with E-state index >= 15 is 0 Å². The van der Waals surface area contributed by atoms with Gasteiger partial charge in [-0.2, -0.15) is 0 Å². The predicted molar refractivity (Wildman–Crippen MR) is 69.6 cm³/mol. The second-order valence-corrected chi connectivity index (χ2v) is 3.71. The third kappa shape index (κ3) is 2.60. The number of hydrogen-bond acceptors (Lipinski definition) is 5. The number of methoxy groups -OCH3 is 1. The van der Waals surface area contributed by atoms with Crippen molar-refractivity contribution in [3.05, 3.63) is 46.5 Å². The summed E-state index contributed by atoms with van der Waals surface area (Å²) < 4.78 is 4.99. The largest absolute Gasteiger partial charge is 0.489 e. The molecule has 6 heteroatoms. The average Bonchev–Trinajstić information content (AvgIpc) is 2.38. The molecule has 0 amide bonds. The number of anilines is 2. The van der Waals surface area contributed by atoms with Gasteiger partial charge in [0.15, 0.2) is 5.82 Å². The van der Waals surface area contributed by atoms with E-state index in [-0.39, 0.29) is 11.3 Å². The Labute approximate surface area is 104 Å². The second-order valence-electron chi connectivity index (χ2n) is 3.71. The molecule has 0 aliphatic rings. The van der Waals surface area contributed by atoms with Crippen LogP contribution in [0.15, 0.2) is 35.4 Å². The third-order valence-corrected chi connectivity index (χ3v) is 2.45. The monoisotopic (exact) mass is 246 g/mol. The van der Waals surface area contributed by atoms with E-state index in [0.717, 1.165) is 5.56 Å². The van der Waals surface area contributed by atoms with E-state index in [1.165, 1.54) is 13.4 Å². The van der Waals surface area contributed by atoms with Crippen LogP contribution in [0.2, 0.25) is 0 Å². The van der Waals surface area contributed by atoms with Crippen molar-refractivity contribution in [1.29, 1.82) is 0 Å². The first-order valence-corrected chi connectivity index (χ1v) is 5.40. The standard InChI is InChI=1S/C12H14N4O2/c1-18-10-11(15-7-16-12(10)17)14-6-8-2-4-9(13)5-3-8/h2-5,7H,6,13H2,1H3,(H2,14,15,16,17). The predicted octanol–water partition coefficient (Wildman–Crippen LogP) is 0.973. The first-order chi connectivity index (χ1) is 8.70. The zero-order valence-electron chi connectivity index (χ0n) is 9.93. The molecule has 0 aliphatic carbocycles. The Morgan fingerprint density at radius 2 is 2.11 bits per heavy atom. The molecule has 0 atom stereocenters. The fourth-order valence-corrected chi connectivity index (χ4v) is 1.52. The topological polar surface area (TPSA) is 93.0 Å². The first-order valence-electron chi connectivity index (χ1n) is 5.40. The molecular weight excluding hydrogens is 232 g/mol. The minimum atomic E-state index is -0.313. The van der Waals surface area contributed by atoms with Gasteiger partial charge in [-0.1, -0.05) is 12.1 Å². The molecule has 4 N–H and O–H groups in total. The maximum Gasteiger partial charge on any atom is 0.295 e. The van der Waals surface area contributed by atoms with Gasteiger partial charge in [-0.05, 0) is 17.7 Å². The van der Waals surface area contributed by atoms with Crippen LogP contribution >= 0.6 is 0 Å². The Morgan fingerprint density at radius 3 is 2.78 bits per heavy atom. The normalized spacial score (nSPS) is 10.1. The number of aromatic nitrogens is 2. The molecule has 1 heterocycles. The van der Waals surface area contributed by atoms with Crippen LogP contribution in [-0.2, 0) is 6.54 Å². The van der Waals surface area contributed by atoms with Gasteiger partial charge >= 0.3 is 0 Å². The van der Waals surface area contributed by atoms with Gasteiger partial charge < -0.3 is 20.8 Å². The number of hydrogen-bond donors (Lipinski definition) is 3. The lowest BCUT2D eigenvalue weighted by Crippen LogP contribution is -2.14. The number of nitrogens with zero attached hydrogens (tertiary/aromatic N) is 1. The highest BCUT2D eigenvalue weighted by Crippen LogP contribution is 2.15. The van der Waals surface area contributed by atoms with Crippen LogP contribution in [0.5, 0.6) is 5.75 Å². The minimum absolute atomic E-state index is 0.174. The summed E-state index contributed by atoms with van der Waals surface area (Å²) in [5.41, 5.74) is 7.04. The van der Waals surface area contributed by atoms with E-state index in [4.69, 9.17) is 10.5 Å². The van der Waals surface area contributed by atoms with Gasteiger partial charge in [0.25, 0.3) is 5.56 Å². The van der Waals surface area contributed by atoms with Crippen LogP contribution in [0.4, 0.5) is 11.5 Å². The van der Waals surface area contributed by atoms with Crippen LogP contribution in [0.1, 0.15) is 5.56 Å². The molecule has 0 saturated heterocycles. The van der Waals surface area contributed by atoms with Crippen LogP contribution in [0.3, 0.4) is 0 Å². The summed E-state index contributed by atoms with van der Waals surface area (Å²) >= 11 is 0. The zero-order valence-corrected chi connectivity index (χ0v) is 9.93. The van der Waals surface area contributed by atoms with Crippen LogP contribution < -0.4 is 21.3 Å². The molecule has 0 spiro atoms. The summed E-state index contributed by atoms with van der Waals surface area (Å²) in [6.07, 6.45) is 1.33. The van der Waals surface area contributed by atoms with E-state index in [1.54, 1.807) is 0 Å². The number of benzene rings is 1.